The van der Waals surface area contributed by atoms with Gasteiger partial charge in [-0.1, -0.05) is 30.3 Å². The third kappa shape index (κ3) is 5.45. The Labute approximate surface area is 238 Å². The first-order chi connectivity index (χ1) is 19.6. The number of hydrogen-bond donors (Lipinski definition) is 2. The highest BCUT2D eigenvalue weighted by Crippen LogP contribution is 2.45. The van der Waals surface area contributed by atoms with E-state index in [-0.39, 0.29) is 11.7 Å². The lowest BCUT2D eigenvalue weighted by Gasteiger charge is -2.40. The molecule has 0 saturated heterocycles. The largest absolute Gasteiger partial charge is 0.496 e. The number of fused-ring (bicyclic) bond motifs is 1. The first-order valence-corrected chi connectivity index (χ1v) is 13.3. The molecule has 1 aliphatic heterocycles. The second kappa shape index (κ2) is 11.0. The minimum atomic E-state index is -0.783. The molecule has 210 valence electrons. The highest BCUT2D eigenvalue weighted by molar-refractivity contribution is 6.09. The predicted octanol–water partition coefficient (Wildman–Crippen LogP) is 6.81. The van der Waals surface area contributed by atoms with Crippen molar-refractivity contribution in [2.75, 3.05) is 29.7 Å². The summed E-state index contributed by atoms with van der Waals surface area (Å²) in [4.78, 5) is 27.6. The van der Waals surface area contributed by atoms with Crippen LogP contribution in [0.3, 0.4) is 0 Å². The van der Waals surface area contributed by atoms with Crippen molar-refractivity contribution in [3.63, 3.8) is 0 Å². The van der Waals surface area contributed by atoms with Gasteiger partial charge in [-0.05, 0) is 74.4 Å². The van der Waals surface area contributed by atoms with Crippen molar-refractivity contribution in [2.45, 2.75) is 32.9 Å². The molecule has 0 bridgehead atoms. The van der Waals surface area contributed by atoms with Crippen molar-refractivity contribution in [1.29, 1.82) is 0 Å². The highest BCUT2D eigenvalue weighted by Gasteiger charge is 2.38. The lowest BCUT2D eigenvalue weighted by Crippen LogP contribution is -2.52. The summed E-state index contributed by atoms with van der Waals surface area (Å²) in [5, 5.41) is 6.72. The molecule has 0 spiro atoms. The Hall–Kier alpha value is -4.85. The zero-order chi connectivity index (χ0) is 29.3. The number of methoxy groups -OCH3 is 1. The van der Waals surface area contributed by atoms with Gasteiger partial charge in [-0.15, -0.1) is 0 Å². The molecule has 2 N–H and O–H groups in total. The van der Waals surface area contributed by atoms with Crippen LogP contribution in [0.25, 0.3) is 11.1 Å². The quantitative estimate of drug-likeness (QED) is 0.193. The van der Waals surface area contributed by atoms with Gasteiger partial charge in [-0.2, -0.15) is 0 Å². The minimum absolute atomic E-state index is 0.0829. The van der Waals surface area contributed by atoms with Crippen molar-refractivity contribution in [1.82, 2.24) is 0 Å². The van der Waals surface area contributed by atoms with Gasteiger partial charge in [0.25, 0.3) is 5.91 Å². The lowest BCUT2D eigenvalue weighted by atomic mass is 9.91. The molecule has 1 amide bonds. The number of benzene rings is 4. The number of rotatable bonds is 7. The standard InChI is InChI=1S/C33H32FN3O4/c1-20-11-12-22(34)17-28(20)35-19-26-24(15-16-27-30(26)37(4)32(39)33(2,3)36-27)25-14-13-23(18-29(25)40-5)41-31(38)21-9-7-6-8-10-21/h6-18,35-36H,19H2,1-5H3. The number of hydrogen-bond acceptors (Lipinski definition) is 6. The summed E-state index contributed by atoms with van der Waals surface area (Å²) in [6, 6.07) is 22.5. The molecule has 5 rings (SSSR count). The number of halogens is 1. The van der Waals surface area contributed by atoms with Crippen LogP contribution in [0.15, 0.2) is 78.9 Å². The predicted molar refractivity (Wildman–Crippen MR) is 159 cm³/mol. The second-order valence-electron chi connectivity index (χ2n) is 10.5. The molecule has 41 heavy (non-hydrogen) atoms. The van der Waals surface area contributed by atoms with Crippen molar-refractivity contribution in [3.8, 4) is 22.6 Å². The SMILES string of the molecule is COc1cc(OC(=O)c2ccccc2)ccc1-c1ccc2c(c1CNc1cc(F)ccc1C)N(C)C(=O)C(C)(C)N2. The Kier molecular flexibility index (Phi) is 7.41. The van der Waals surface area contributed by atoms with Gasteiger partial charge in [0.15, 0.2) is 0 Å². The number of carbonyl (C=O) groups is 2. The average molecular weight is 554 g/mol. The van der Waals surface area contributed by atoms with Gasteiger partial charge < -0.3 is 25.0 Å². The number of amides is 1. The van der Waals surface area contributed by atoms with Gasteiger partial charge in [-0.25, -0.2) is 9.18 Å². The number of anilines is 3. The Balaban J connectivity index is 1.58. The van der Waals surface area contributed by atoms with E-state index in [9.17, 15) is 14.0 Å². The molecule has 1 aliphatic rings. The van der Waals surface area contributed by atoms with E-state index in [4.69, 9.17) is 9.47 Å². The van der Waals surface area contributed by atoms with Gasteiger partial charge in [0.2, 0.25) is 0 Å². The van der Waals surface area contributed by atoms with Crippen LogP contribution >= 0.6 is 0 Å². The van der Waals surface area contributed by atoms with Crippen molar-refractivity contribution in [2.24, 2.45) is 0 Å². The van der Waals surface area contributed by atoms with Crippen LogP contribution in [0.5, 0.6) is 11.5 Å². The Morgan fingerprint density at radius 2 is 1.73 bits per heavy atom. The van der Waals surface area contributed by atoms with E-state index in [1.165, 1.54) is 12.1 Å². The number of likely N-dealkylation sites (N-methyl/N-ethyl adjacent to an activating group) is 1. The van der Waals surface area contributed by atoms with Crippen molar-refractivity contribution >= 4 is 28.9 Å². The molecule has 0 atom stereocenters. The molecule has 0 saturated carbocycles. The summed E-state index contributed by atoms with van der Waals surface area (Å²) in [5.74, 6) is -0.0713. The molecule has 0 aliphatic carbocycles. The fourth-order valence-electron chi connectivity index (χ4n) is 5.13. The Morgan fingerprint density at radius 1 is 1.00 bits per heavy atom. The maximum atomic E-state index is 14.1. The van der Waals surface area contributed by atoms with Crippen molar-refractivity contribution < 1.29 is 23.5 Å². The summed E-state index contributed by atoms with van der Waals surface area (Å²) in [6.45, 7) is 5.89. The minimum Gasteiger partial charge on any atom is -0.496 e. The molecule has 7 nitrogen and oxygen atoms in total. The van der Waals surface area contributed by atoms with Gasteiger partial charge in [0.05, 0.1) is 24.0 Å². The molecular formula is C33H32FN3O4. The molecule has 4 aromatic rings. The number of nitrogens with one attached hydrogen (secondary N) is 2. The van der Waals surface area contributed by atoms with Crippen LogP contribution < -0.4 is 25.0 Å². The third-order valence-corrected chi connectivity index (χ3v) is 7.24. The first-order valence-electron chi connectivity index (χ1n) is 13.3. The summed E-state index contributed by atoms with van der Waals surface area (Å²) >= 11 is 0. The molecule has 8 heteroatoms. The number of aryl methyl sites for hydroxylation is 1. The van der Waals surface area contributed by atoms with Crippen LogP contribution in [0.4, 0.5) is 21.5 Å². The van der Waals surface area contributed by atoms with E-state index >= 15 is 0 Å². The zero-order valence-electron chi connectivity index (χ0n) is 23.7. The van der Waals surface area contributed by atoms with Crippen LogP contribution in [-0.2, 0) is 11.3 Å². The van der Waals surface area contributed by atoms with Gasteiger partial charge in [-0.3, -0.25) is 4.79 Å². The molecule has 0 aromatic heterocycles. The van der Waals surface area contributed by atoms with Crippen LogP contribution in [0, 0.1) is 12.7 Å². The third-order valence-electron chi connectivity index (χ3n) is 7.24. The van der Waals surface area contributed by atoms with Crippen LogP contribution in [0.1, 0.15) is 35.3 Å². The highest BCUT2D eigenvalue weighted by atomic mass is 19.1. The number of nitrogens with zero attached hydrogens (tertiary/aromatic N) is 1. The van der Waals surface area contributed by atoms with E-state index in [0.717, 1.165) is 33.6 Å². The zero-order valence-corrected chi connectivity index (χ0v) is 23.7. The number of ether oxygens (including phenoxy) is 2. The maximum absolute atomic E-state index is 14.1. The molecule has 0 unspecified atom stereocenters. The number of esters is 1. The van der Waals surface area contributed by atoms with E-state index in [0.29, 0.717) is 29.3 Å². The topological polar surface area (TPSA) is 79.9 Å². The first kappa shape index (κ1) is 27.7. The molecular weight excluding hydrogens is 521 g/mol. The summed E-state index contributed by atoms with van der Waals surface area (Å²) < 4.78 is 25.4. The molecule has 4 aromatic carbocycles. The van der Waals surface area contributed by atoms with Gasteiger partial charge >= 0.3 is 5.97 Å². The van der Waals surface area contributed by atoms with Crippen LogP contribution in [0.2, 0.25) is 0 Å². The van der Waals surface area contributed by atoms with Gasteiger partial charge in [0, 0.05) is 36.5 Å². The van der Waals surface area contributed by atoms with Crippen molar-refractivity contribution in [3.05, 3.63) is 101 Å². The second-order valence-corrected chi connectivity index (χ2v) is 10.5. The van der Waals surface area contributed by atoms with Crippen LogP contribution in [-0.4, -0.2) is 31.6 Å². The van der Waals surface area contributed by atoms with Gasteiger partial charge in [0.1, 0.15) is 22.9 Å². The van der Waals surface area contributed by atoms with E-state index in [2.05, 4.69) is 10.6 Å². The molecule has 0 radical (unpaired) electrons. The molecule has 1 heterocycles. The monoisotopic (exact) mass is 553 g/mol. The smallest absolute Gasteiger partial charge is 0.343 e. The fourth-order valence-corrected chi connectivity index (χ4v) is 5.13. The lowest BCUT2D eigenvalue weighted by molar-refractivity contribution is -0.121. The number of carbonyl (C=O) groups excluding carboxylic acids is 2. The maximum Gasteiger partial charge on any atom is 0.343 e. The summed E-state index contributed by atoms with van der Waals surface area (Å²) in [5.41, 5.74) is 5.10. The van der Waals surface area contributed by atoms with E-state index in [1.807, 2.05) is 45.0 Å². The normalized spacial score (nSPS) is 13.7. The Bertz CT molecular complexity index is 1640. The fraction of sp³-hybridized carbons (Fsp3) is 0.212. The molecule has 0 fully saturated rings. The summed E-state index contributed by atoms with van der Waals surface area (Å²) in [7, 11) is 3.31. The summed E-state index contributed by atoms with van der Waals surface area (Å²) in [6.07, 6.45) is 0. The van der Waals surface area contributed by atoms with E-state index in [1.54, 1.807) is 61.5 Å². The van der Waals surface area contributed by atoms with E-state index < -0.39 is 11.5 Å². The Morgan fingerprint density at radius 3 is 2.46 bits per heavy atom. The average Bonchev–Trinajstić information content (AvgIpc) is 2.96.